The molecule has 0 saturated carbocycles. The van der Waals surface area contributed by atoms with Crippen LogP contribution in [0.3, 0.4) is 0 Å². The van der Waals surface area contributed by atoms with Gasteiger partial charge in [-0.3, -0.25) is 0 Å². The molecule has 3 nitrogen and oxygen atoms in total. The van der Waals surface area contributed by atoms with Gasteiger partial charge in [-0.1, -0.05) is 12.1 Å². The molecule has 0 amide bonds. The molecule has 58 valence electrons. The van der Waals surface area contributed by atoms with Gasteiger partial charge >= 0.3 is 57.4 Å². The van der Waals surface area contributed by atoms with Crippen molar-refractivity contribution in [3.63, 3.8) is 0 Å². The van der Waals surface area contributed by atoms with E-state index in [0.717, 1.165) is 0 Å². The summed E-state index contributed by atoms with van der Waals surface area (Å²) in [4.78, 5) is 10.8. The second kappa shape index (κ2) is 5.72. The Morgan fingerprint density at radius 1 is 1.33 bits per heavy atom. The van der Waals surface area contributed by atoms with E-state index in [2.05, 4.69) is 4.74 Å². The molecule has 1 aromatic rings. The van der Waals surface area contributed by atoms with Crippen molar-refractivity contribution in [3.05, 3.63) is 29.8 Å². The van der Waals surface area contributed by atoms with Crippen molar-refractivity contribution in [3.8, 4) is 5.75 Å². The van der Waals surface area contributed by atoms with Gasteiger partial charge in [-0.05, 0) is 12.1 Å². The number of carbonyl (C=O) groups excluding carboxylic acids is 1. The van der Waals surface area contributed by atoms with Crippen LogP contribution in [-0.2, 0) is 4.74 Å². The van der Waals surface area contributed by atoms with E-state index >= 15 is 0 Å². The van der Waals surface area contributed by atoms with E-state index in [1.807, 2.05) is 0 Å². The Bertz CT molecular complexity index is 256. The molecule has 0 aliphatic rings. The van der Waals surface area contributed by atoms with Crippen molar-refractivity contribution in [1.82, 2.24) is 0 Å². The fourth-order valence-electron chi connectivity index (χ4n) is 0.709. The Labute approximate surface area is 113 Å². The average molecular weight is 190 g/mol. The number of ether oxygens (including phenoxy) is 1. The van der Waals surface area contributed by atoms with Gasteiger partial charge in [0.15, 0.2) is 0 Å². The SMILES string of the molecule is COC(=O)c1ccc([O-])cc1.[K+]. The Morgan fingerprint density at radius 2 is 1.83 bits per heavy atom. The van der Waals surface area contributed by atoms with Crippen LogP contribution in [0.15, 0.2) is 24.3 Å². The molecule has 4 heteroatoms. The summed E-state index contributed by atoms with van der Waals surface area (Å²) >= 11 is 0. The Balaban J connectivity index is 0.00000121. The minimum absolute atomic E-state index is 0. The van der Waals surface area contributed by atoms with Crippen LogP contribution in [0.25, 0.3) is 0 Å². The van der Waals surface area contributed by atoms with Gasteiger partial charge in [0, 0.05) is 0 Å². The van der Waals surface area contributed by atoms with Crippen molar-refractivity contribution >= 4 is 5.97 Å². The van der Waals surface area contributed by atoms with Crippen LogP contribution >= 0.6 is 0 Å². The van der Waals surface area contributed by atoms with E-state index in [0.29, 0.717) is 5.56 Å². The molecule has 1 rings (SSSR count). The van der Waals surface area contributed by atoms with Gasteiger partial charge in [0.2, 0.25) is 0 Å². The molecule has 0 saturated heterocycles. The molecule has 1 aromatic carbocycles. The normalized spacial score (nSPS) is 8.42. The van der Waals surface area contributed by atoms with Crippen molar-refractivity contribution in [2.45, 2.75) is 0 Å². The number of esters is 1. The molecule has 0 aliphatic heterocycles. The van der Waals surface area contributed by atoms with E-state index in [9.17, 15) is 9.90 Å². The van der Waals surface area contributed by atoms with Crippen LogP contribution < -0.4 is 56.5 Å². The fraction of sp³-hybridized carbons (Fsp3) is 0.125. The maximum Gasteiger partial charge on any atom is 1.00 e. The van der Waals surface area contributed by atoms with Crippen molar-refractivity contribution < 1.29 is 66.0 Å². The number of hydrogen-bond donors (Lipinski definition) is 0. The first-order chi connectivity index (χ1) is 5.24. The predicted octanol–water partition coefficient (Wildman–Crippen LogP) is -2.45. The molecule has 0 N–H and O–H groups in total. The number of benzene rings is 1. The predicted molar refractivity (Wildman–Crippen MR) is 37.2 cm³/mol. The summed E-state index contributed by atoms with van der Waals surface area (Å²) in [5.74, 6) is -0.539. The van der Waals surface area contributed by atoms with Crippen molar-refractivity contribution in [2.24, 2.45) is 0 Å². The van der Waals surface area contributed by atoms with E-state index in [-0.39, 0.29) is 57.1 Å². The molecule has 0 radical (unpaired) electrons. The molecule has 12 heavy (non-hydrogen) atoms. The molecule has 0 spiro atoms. The Hall–Kier alpha value is 0.126. The summed E-state index contributed by atoms with van der Waals surface area (Å²) in [6.07, 6.45) is 0. The van der Waals surface area contributed by atoms with Gasteiger partial charge in [-0.2, -0.15) is 0 Å². The minimum atomic E-state index is -0.426. The zero-order valence-corrected chi connectivity index (χ0v) is 10.2. The van der Waals surface area contributed by atoms with Crippen molar-refractivity contribution in [1.29, 1.82) is 0 Å². The van der Waals surface area contributed by atoms with Crippen LogP contribution in [0.2, 0.25) is 0 Å². The molecule has 0 heterocycles. The molecule has 0 atom stereocenters. The van der Waals surface area contributed by atoms with Crippen LogP contribution in [0.4, 0.5) is 0 Å². The topological polar surface area (TPSA) is 49.4 Å². The fourth-order valence-corrected chi connectivity index (χ4v) is 0.709. The summed E-state index contributed by atoms with van der Waals surface area (Å²) in [7, 11) is 1.30. The molecular weight excluding hydrogens is 183 g/mol. The van der Waals surface area contributed by atoms with E-state index in [1.165, 1.54) is 31.4 Å². The van der Waals surface area contributed by atoms with Crippen LogP contribution in [-0.4, -0.2) is 13.1 Å². The molecule has 0 fully saturated rings. The Kier molecular flexibility index (Phi) is 5.78. The number of rotatable bonds is 1. The van der Waals surface area contributed by atoms with Gasteiger partial charge in [0.25, 0.3) is 0 Å². The summed E-state index contributed by atoms with van der Waals surface area (Å²) in [6, 6.07) is 5.53. The first-order valence-electron chi connectivity index (χ1n) is 3.09. The summed E-state index contributed by atoms with van der Waals surface area (Å²) in [5.41, 5.74) is 0.395. The number of hydrogen-bond acceptors (Lipinski definition) is 3. The third-order valence-corrected chi connectivity index (χ3v) is 1.28. The van der Waals surface area contributed by atoms with Crippen LogP contribution in [0.5, 0.6) is 5.75 Å². The van der Waals surface area contributed by atoms with Crippen LogP contribution in [0, 0.1) is 0 Å². The summed E-state index contributed by atoms with van der Waals surface area (Å²) in [6.45, 7) is 0. The molecule has 0 aliphatic carbocycles. The van der Waals surface area contributed by atoms with Crippen LogP contribution in [0.1, 0.15) is 10.4 Å². The Morgan fingerprint density at radius 3 is 2.25 bits per heavy atom. The maximum atomic E-state index is 10.8. The molecule has 0 bridgehead atoms. The number of carbonyl (C=O) groups is 1. The first kappa shape index (κ1) is 12.1. The quantitative estimate of drug-likeness (QED) is 0.365. The van der Waals surface area contributed by atoms with E-state index in [1.54, 1.807) is 0 Å². The standard InChI is InChI=1S/C8H8O3.K/c1-11-8(10)6-2-4-7(9)5-3-6;/h2-5,9H,1H3;/q;+1/p-1. The molecule has 0 unspecified atom stereocenters. The van der Waals surface area contributed by atoms with Crippen molar-refractivity contribution in [2.75, 3.05) is 7.11 Å². The van der Waals surface area contributed by atoms with Gasteiger partial charge in [-0.25, -0.2) is 4.79 Å². The zero-order valence-electron chi connectivity index (χ0n) is 7.03. The third-order valence-electron chi connectivity index (χ3n) is 1.28. The summed E-state index contributed by atoms with van der Waals surface area (Å²) in [5, 5.41) is 10.6. The van der Waals surface area contributed by atoms with E-state index in [4.69, 9.17) is 0 Å². The summed E-state index contributed by atoms with van der Waals surface area (Å²) < 4.78 is 4.44. The van der Waals surface area contributed by atoms with Gasteiger partial charge in [-0.15, -0.1) is 5.75 Å². The average Bonchev–Trinajstić information content (AvgIpc) is 2.05. The van der Waals surface area contributed by atoms with Gasteiger partial charge in [0.05, 0.1) is 12.7 Å². The van der Waals surface area contributed by atoms with Gasteiger partial charge in [0.1, 0.15) is 0 Å². The third kappa shape index (κ3) is 3.24. The monoisotopic (exact) mass is 190 g/mol. The minimum Gasteiger partial charge on any atom is -0.872 e. The number of methoxy groups -OCH3 is 1. The zero-order chi connectivity index (χ0) is 8.27. The second-order valence-corrected chi connectivity index (χ2v) is 2.02. The second-order valence-electron chi connectivity index (χ2n) is 2.02. The first-order valence-corrected chi connectivity index (χ1v) is 3.09. The molecule has 0 aromatic heterocycles. The van der Waals surface area contributed by atoms with E-state index < -0.39 is 5.97 Å². The van der Waals surface area contributed by atoms with Gasteiger partial charge < -0.3 is 9.84 Å². The molecular formula is C8H7KO3. The maximum absolute atomic E-state index is 10.8. The smallest absolute Gasteiger partial charge is 0.872 e. The largest absolute Gasteiger partial charge is 1.00 e.